The summed E-state index contributed by atoms with van der Waals surface area (Å²) in [5.41, 5.74) is 3.06. The predicted octanol–water partition coefficient (Wildman–Crippen LogP) is 2.38. The Labute approximate surface area is 159 Å². The molecule has 0 saturated heterocycles. The first kappa shape index (κ1) is 20.7. The highest BCUT2D eigenvalue weighted by molar-refractivity contribution is 7.89. The van der Waals surface area contributed by atoms with Gasteiger partial charge in [0.25, 0.3) is 15.9 Å². The van der Waals surface area contributed by atoms with E-state index in [0.29, 0.717) is 11.5 Å². The first-order valence-corrected chi connectivity index (χ1v) is 9.78. The van der Waals surface area contributed by atoms with E-state index in [4.69, 9.17) is 9.47 Å². The number of rotatable bonds is 7. The van der Waals surface area contributed by atoms with Crippen LogP contribution in [0.25, 0.3) is 0 Å². The van der Waals surface area contributed by atoms with Crippen LogP contribution in [0.1, 0.15) is 26.3 Å². The lowest BCUT2D eigenvalue weighted by Gasteiger charge is -2.19. The summed E-state index contributed by atoms with van der Waals surface area (Å²) in [6.45, 7) is 5.78. The fraction of sp³-hybridized carbons (Fsp3) is 0.316. The van der Waals surface area contributed by atoms with E-state index in [0.717, 1.165) is 5.56 Å². The molecule has 0 saturated carbocycles. The summed E-state index contributed by atoms with van der Waals surface area (Å²) < 4.78 is 34.8. The number of carbonyl (C=O) groups excluding carboxylic acids is 1. The lowest BCUT2D eigenvalue weighted by Crippen LogP contribution is -2.43. The number of carbonyl (C=O) groups is 1. The molecule has 2 aromatic rings. The van der Waals surface area contributed by atoms with Crippen LogP contribution in [0.5, 0.6) is 11.5 Å². The molecular weight excluding hydrogens is 368 g/mol. The average Bonchev–Trinajstić information content (AvgIpc) is 2.64. The molecule has 7 nitrogen and oxygen atoms in total. The van der Waals surface area contributed by atoms with Gasteiger partial charge in [-0.05, 0) is 47.4 Å². The molecule has 8 heteroatoms. The largest absolute Gasteiger partial charge is 0.497 e. The first-order valence-electron chi connectivity index (χ1n) is 8.30. The van der Waals surface area contributed by atoms with E-state index in [1.807, 2.05) is 20.8 Å². The number of amides is 1. The number of methoxy groups -OCH3 is 1. The molecular formula is C19H24N2O5S. The zero-order valence-electron chi connectivity index (χ0n) is 15.8. The van der Waals surface area contributed by atoms with E-state index in [9.17, 15) is 13.2 Å². The van der Waals surface area contributed by atoms with Crippen molar-refractivity contribution in [2.24, 2.45) is 0 Å². The molecule has 0 atom stereocenters. The molecule has 0 heterocycles. The predicted molar refractivity (Wildman–Crippen MR) is 102 cm³/mol. The van der Waals surface area contributed by atoms with Gasteiger partial charge in [0, 0.05) is 0 Å². The van der Waals surface area contributed by atoms with Gasteiger partial charge in [0.05, 0.1) is 12.0 Å². The van der Waals surface area contributed by atoms with Gasteiger partial charge < -0.3 is 9.47 Å². The number of nitrogens with one attached hydrogen (secondary N) is 2. The van der Waals surface area contributed by atoms with Gasteiger partial charge >= 0.3 is 0 Å². The van der Waals surface area contributed by atoms with Crippen molar-refractivity contribution in [1.82, 2.24) is 10.3 Å². The molecule has 0 spiro atoms. The number of ether oxygens (including phenoxy) is 2. The van der Waals surface area contributed by atoms with Gasteiger partial charge in [0.1, 0.15) is 11.5 Å². The molecule has 1 amide bonds. The van der Waals surface area contributed by atoms with Crippen LogP contribution in [-0.2, 0) is 20.2 Å². The van der Waals surface area contributed by atoms with Crippen molar-refractivity contribution in [1.29, 1.82) is 0 Å². The summed E-state index contributed by atoms with van der Waals surface area (Å²) in [6.07, 6.45) is 0. The molecule has 2 rings (SSSR count). The van der Waals surface area contributed by atoms with Crippen LogP contribution >= 0.6 is 0 Å². The van der Waals surface area contributed by atoms with Gasteiger partial charge in [0.2, 0.25) is 0 Å². The van der Waals surface area contributed by atoms with Crippen LogP contribution in [0, 0.1) is 0 Å². The quantitative estimate of drug-likeness (QED) is 0.706. The third-order valence-corrected chi connectivity index (χ3v) is 5.05. The number of benzene rings is 2. The van der Waals surface area contributed by atoms with Crippen LogP contribution in [0.15, 0.2) is 53.4 Å². The normalized spacial score (nSPS) is 11.7. The van der Waals surface area contributed by atoms with Gasteiger partial charge in [-0.2, -0.15) is 0 Å². The maximum absolute atomic E-state index is 12.3. The Balaban J connectivity index is 1.89. The lowest BCUT2D eigenvalue weighted by molar-refractivity contribution is -0.123. The van der Waals surface area contributed by atoms with E-state index in [1.54, 1.807) is 43.5 Å². The van der Waals surface area contributed by atoms with Crippen LogP contribution in [0.2, 0.25) is 0 Å². The third kappa shape index (κ3) is 5.97. The smallest absolute Gasteiger partial charge is 0.272 e. The van der Waals surface area contributed by atoms with Crippen LogP contribution < -0.4 is 19.7 Å². The molecule has 0 bridgehead atoms. The monoisotopic (exact) mass is 392 g/mol. The molecule has 2 N–H and O–H groups in total. The number of hydrogen-bond donors (Lipinski definition) is 2. The lowest BCUT2D eigenvalue weighted by atomic mass is 9.87. The highest BCUT2D eigenvalue weighted by Gasteiger charge is 2.18. The fourth-order valence-electron chi connectivity index (χ4n) is 2.17. The zero-order chi connectivity index (χ0) is 20.1. The molecule has 0 aromatic heterocycles. The summed E-state index contributed by atoms with van der Waals surface area (Å²) in [5, 5.41) is 0. The Morgan fingerprint density at radius 1 is 0.963 bits per heavy atom. The number of hydrogen-bond acceptors (Lipinski definition) is 5. The molecule has 146 valence electrons. The van der Waals surface area contributed by atoms with E-state index in [2.05, 4.69) is 10.3 Å². The van der Waals surface area contributed by atoms with Crippen molar-refractivity contribution in [3.8, 4) is 11.5 Å². The van der Waals surface area contributed by atoms with Gasteiger partial charge in [0.15, 0.2) is 6.61 Å². The van der Waals surface area contributed by atoms with E-state index < -0.39 is 15.9 Å². The van der Waals surface area contributed by atoms with Crippen molar-refractivity contribution in [3.05, 3.63) is 54.1 Å². The van der Waals surface area contributed by atoms with Gasteiger partial charge in [-0.25, -0.2) is 8.42 Å². The van der Waals surface area contributed by atoms with Crippen molar-refractivity contribution in [2.75, 3.05) is 13.7 Å². The second kappa shape index (κ2) is 8.41. The van der Waals surface area contributed by atoms with Crippen molar-refractivity contribution >= 4 is 15.9 Å². The highest BCUT2D eigenvalue weighted by atomic mass is 32.2. The molecule has 0 aliphatic heterocycles. The Morgan fingerprint density at radius 2 is 1.52 bits per heavy atom. The standard InChI is InChI=1S/C19H24N2O5S/c1-19(2,3)14-5-11-17(12-6-14)27(23,24)21-20-18(22)13-26-16-9-7-15(25-4)8-10-16/h5-12,21H,13H2,1-4H3,(H,20,22). The Morgan fingerprint density at radius 3 is 2.04 bits per heavy atom. The topological polar surface area (TPSA) is 93.7 Å². The Hall–Kier alpha value is -2.58. The molecule has 0 fully saturated rings. The summed E-state index contributed by atoms with van der Waals surface area (Å²) >= 11 is 0. The number of sulfonamides is 1. The fourth-order valence-corrected chi connectivity index (χ4v) is 3.03. The van der Waals surface area contributed by atoms with E-state index in [-0.39, 0.29) is 16.9 Å². The van der Waals surface area contributed by atoms with Crippen LogP contribution in [-0.4, -0.2) is 28.0 Å². The molecule has 0 aliphatic carbocycles. The van der Waals surface area contributed by atoms with Gasteiger partial charge in [-0.3, -0.25) is 10.2 Å². The summed E-state index contributed by atoms with van der Waals surface area (Å²) in [6, 6.07) is 13.2. The molecule has 2 aromatic carbocycles. The third-order valence-electron chi connectivity index (χ3n) is 3.78. The van der Waals surface area contributed by atoms with E-state index in [1.165, 1.54) is 12.1 Å². The second-order valence-corrected chi connectivity index (χ2v) is 8.57. The molecule has 0 unspecified atom stereocenters. The summed E-state index contributed by atoms with van der Waals surface area (Å²) in [4.78, 5) is 13.9. The summed E-state index contributed by atoms with van der Waals surface area (Å²) in [7, 11) is -2.32. The van der Waals surface area contributed by atoms with Crippen LogP contribution in [0.4, 0.5) is 0 Å². The van der Waals surface area contributed by atoms with Crippen molar-refractivity contribution in [3.63, 3.8) is 0 Å². The Bertz CT molecular complexity index is 870. The van der Waals surface area contributed by atoms with E-state index >= 15 is 0 Å². The van der Waals surface area contributed by atoms with Gasteiger partial charge in [-0.15, -0.1) is 4.83 Å². The van der Waals surface area contributed by atoms with Crippen molar-refractivity contribution in [2.45, 2.75) is 31.1 Å². The minimum atomic E-state index is -3.86. The minimum absolute atomic E-state index is 0.0619. The maximum Gasteiger partial charge on any atom is 0.272 e. The number of hydrazine groups is 1. The highest BCUT2D eigenvalue weighted by Crippen LogP contribution is 2.23. The minimum Gasteiger partial charge on any atom is -0.497 e. The van der Waals surface area contributed by atoms with Crippen LogP contribution in [0.3, 0.4) is 0 Å². The average molecular weight is 392 g/mol. The first-order chi connectivity index (χ1) is 12.6. The SMILES string of the molecule is COc1ccc(OCC(=O)NNS(=O)(=O)c2ccc(C(C)(C)C)cc2)cc1. The van der Waals surface area contributed by atoms with Gasteiger partial charge in [-0.1, -0.05) is 32.9 Å². The zero-order valence-corrected chi connectivity index (χ0v) is 16.6. The second-order valence-electron chi connectivity index (χ2n) is 6.89. The van der Waals surface area contributed by atoms with Crippen molar-refractivity contribution < 1.29 is 22.7 Å². The molecule has 0 aliphatic rings. The maximum atomic E-state index is 12.3. The Kier molecular flexibility index (Phi) is 6.45. The molecule has 27 heavy (non-hydrogen) atoms. The molecule has 0 radical (unpaired) electrons. The summed E-state index contributed by atoms with van der Waals surface area (Å²) in [5.74, 6) is 0.504.